The van der Waals surface area contributed by atoms with Crippen LogP contribution < -0.4 is 4.74 Å². The van der Waals surface area contributed by atoms with Crippen LogP contribution in [0.3, 0.4) is 0 Å². The summed E-state index contributed by atoms with van der Waals surface area (Å²) >= 11 is 0. The molecule has 0 aromatic heterocycles. The Morgan fingerprint density at radius 3 is 2.54 bits per heavy atom. The van der Waals surface area contributed by atoms with Crippen molar-refractivity contribution in [2.45, 2.75) is 78.6 Å². The van der Waals surface area contributed by atoms with E-state index in [9.17, 15) is 5.11 Å². The van der Waals surface area contributed by atoms with Gasteiger partial charge in [-0.1, -0.05) is 57.4 Å². The average Bonchev–Trinajstić information content (AvgIpc) is 2.57. The highest BCUT2D eigenvalue weighted by Gasteiger charge is 2.49. The van der Waals surface area contributed by atoms with Crippen LogP contribution in [0, 0.1) is 5.41 Å². The number of hydrogen-bond acceptors (Lipinski definition) is 2. The van der Waals surface area contributed by atoms with Gasteiger partial charge in [0.25, 0.3) is 0 Å². The van der Waals surface area contributed by atoms with Gasteiger partial charge in [0.2, 0.25) is 0 Å². The third-order valence-corrected chi connectivity index (χ3v) is 6.59. The second kappa shape index (κ2) is 7.90. The molecule has 144 valence electrons. The highest BCUT2D eigenvalue weighted by molar-refractivity contribution is 5.56. The molecule has 0 heterocycles. The first kappa shape index (κ1) is 20.6. The molecule has 0 bridgehead atoms. The lowest BCUT2D eigenvalue weighted by molar-refractivity contribution is 0.208. The summed E-state index contributed by atoms with van der Waals surface area (Å²) in [7, 11) is 1.70. The van der Waals surface area contributed by atoms with Gasteiger partial charge in [-0.15, -0.1) is 0 Å². The number of benzene rings is 1. The minimum Gasteiger partial charge on any atom is -0.507 e. The highest BCUT2D eigenvalue weighted by Crippen LogP contribution is 2.58. The molecule has 26 heavy (non-hydrogen) atoms. The van der Waals surface area contributed by atoms with Crippen molar-refractivity contribution in [3.05, 3.63) is 47.1 Å². The fourth-order valence-corrected chi connectivity index (χ4v) is 4.50. The van der Waals surface area contributed by atoms with Crippen LogP contribution in [0.15, 0.2) is 35.9 Å². The van der Waals surface area contributed by atoms with E-state index in [2.05, 4.69) is 53.3 Å². The molecule has 2 atom stereocenters. The molecule has 0 amide bonds. The summed E-state index contributed by atoms with van der Waals surface area (Å²) in [6.07, 6.45) is 8.93. The molecule has 1 aliphatic carbocycles. The number of rotatable bonds is 7. The molecule has 0 saturated carbocycles. The number of unbranched alkanes of at least 4 members (excludes halogenated alkanes) is 2. The second-order valence-electron chi connectivity index (χ2n) is 8.45. The van der Waals surface area contributed by atoms with E-state index in [1.165, 1.54) is 18.4 Å². The molecule has 2 rings (SSSR count). The van der Waals surface area contributed by atoms with E-state index in [0.29, 0.717) is 5.75 Å². The number of allylic oxidation sites excluding steroid dienone is 3. The number of phenolic OH excluding ortho intramolecular Hbond substituents is 1. The Bertz CT molecular complexity index is 700. The van der Waals surface area contributed by atoms with Crippen LogP contribution in [-0.2, 0) is 11.8 Å². The van der Waals surface area contributed by atoms with E-state index < -0.39 is 0 Å². The van der Waals surface area contributed by atoms with E-state index in [1.807, 2.05) is 6.07 Å². The predicted molar refractivity (Wildman–Crippen MR) is 111 cm³/mol. The van der Waals surface area contributed by atoms with Gasteiger partial charge in [0, 0.05) is 16.4 Å². The summed E-state index contributed by atoms with van der Waals surface area (Å²) in [4.78, 5) is 0. The van der Waals surface area contributed by atoms with Crippen molar-refractivity contribution in [1.29, 1.82) is 0 Å². The van der Waals surface area contributed by atoms with Gasteiger partial charge in [0.05, 0.1) is 7.11 Å². The largest absolute Gasteiger partial charge is 0.507 e. The lowest BCUT2D eigenvalue weighted by atomic mass is 9.54. The van der Waals surface area contributed by atoms with E-state index in [0.717, 1.165) is 48.1 Å². The van der Waals surface area contributed by atoms with E-state index in [-0.39, 0.29) is 10.8 Å². The number of ether oxygens (including phenoxy) is 1. The summed E-state index contributed by atoms with van der Waals surface area (Å²) in [5.41, 5.74) is 4.08. The van der Waals surface area contributed by atoms with Crippen molar-refractivity contribution in [2.75, 3.05) is 7.11 Å². The molecule has 1 N–H and O–H groups in total. The molecule has 0 aliphatic heterocycles. The maximum Gasteiger partial charge on any atom is 0.126 e. The Hall–Kier alpha value is -1.70. The summed E-state index contributed by atoms with van der Waals surface area (Å²) < 4.78 is 5.78. The molecule has 2 nitrogen and oxygen atoms in total. The van der Waals surface area contributed by atoms with Gasteiger partial charge >= 0.3 is 0 Å². The Kier molecular flexibility index (Phi) is 6.26. The SMILES string of the molecule is C=C(C)[C@]1(C)CCC(C)=C[C@@]1(C)c1c(O)cc(CCCCC)cc1OC. The molecule has 0 unspecified atom stereocenters. The fraction of sp³-hybridized carbons (Fsp3) is 0.583. The highest BCUT2D eigenvalue weighted by atomic mass is 16.5. The number of methoxy groups -OCH3 is 1. The van der Waals surface area contributed by atoms with Crippen LogP contribution in [0.25, 0.3) is 0 Å². The van der Waals surface area contributed by atoms with Gasteiger partial charge in [-0.25, -0.2) is 0 Å². The number of aromatic hydroxyl groups is 1. The first-order chi connectivity index (χ1) is 12.2. The van der Waals surface area contributed by atoms with Crippen LogP contribution in [0.2, 0.25) is 0 Å². The normalized spacial score (nSPS) is 25.7. The smallest absolute Gasteiger partial charge is 0.126 e. The molecule has 2 heteroatoms. The van der Waals surface area contributed by atoms with Crippen molar-refractivity contribution >= 4 is 0 Å². The number of phenols is 1. The first-order valence-electron chi connectivity index (χ1n) is 9.94. The average molecular weight is 357 g/mol. The third kappa shape index (κ3) is 3.56. The summed E-state index contributed by atoms with van der Waals surface area (Å²) in [6.45, 7) is 15.3. The lowest BCUT2D eigenvalue weighted by Gasteiger charge is -2.50. The molecule has 0 radical (unpaired) electrons. The third-order valence-electron chi connectivity index (χ3n) is 6.59. The molecular weight excluding hydrogens is 320 g/mol. The standard InChI is InChI=1S/C24H36O2/c1-8-9-10-11-19-14-20(25)22(21(15-19)26-7)24(6)16-18(4)12-13-23(24,5)17(2)3/h14-16,25H,2,8-13H2,1,3-7H3/t23-,24-/m0/s1. The lowest BCUT2D eigenvalue weighted by Crippen LogP contribution is -2.43. The maximum absolute atomic E-state index is 11.0. The van der Waals surface area contributed by atoms with Crippen LogP contribution >= 0.6 is 0 Å². The van der Waals surface area contributed by atoms with Gasteiger partial charge < -0.3 is 9.84 Å². The molecular formula is C24H36O2. The Labute approximate surface area is 160 Å². The van der Waals surface area contributed by atoms with Gasteiger partial charge in [0.1, 0.15) is 11.5 Å². The minimum atomic E-state index is -0.349. The van der Waals surface area contributed by atoms with Crippen molar-refractivity contribution in [1.82, 2.24) is 0 Å². The second-order valence-corrected chi connectivity index (χ2v) is 8.45. The van der Waals surface area contributed by atoms with Crippen LogP contribution in [0.1, 0.15) is 77.8 Å². The van der Waals surface area contributed by atoms with Gasteiger partial charge in [-0.2, -0.15) is 0 Å². The summed E-state index contributed by atoms with van der Waals surface area (Å²) in [5, 5.41) is 11.0. The molecule has 0 fully saturated rings. The van der Waals surface area contributed by atoms with Crippen LogP contribution in [0.4, 0.5) is 0 Å². The monoisotopic (exact) mass is 356 g/mol. The van der Waals surface area contributed by atoms with Crippen LogP contribution in [-0.4, -0.2) is 12.2 Å². The fourth-order valence-electron chi connectivity index (χ4n) is 4.50. The van der Waals surface area contributed by atoms with Crippen molar-refractivity contribution < 1.29 is 9.84 Å². The van der Waals surface area contributed by atoms with E-state index in [4.69, 9.17) is 4.74 Å². The predicted octanol–water partition coefficient (Wildman–Crippen LogP) is 6.71. The molecule has 1 aromatic carbocycles. The number of hydrogen-bond donors (Lipinski definition) is 1. The topological polar surface area (TPSA) is 29.5 Å². The van der Waals surface area contributed by atoms with Gasteiger partial charge in [-0.05, 0) is 57.2 Å². The zero-order valence-electron chi connectivity index (χ0n) is 17.5. The van der Waals surface area contributed by atoms with Crippen molar-refractivity contribution in [3.63, 3.8) is 0 Å². The molecule has 0 spiro atoms. The van der Waals surface area contributed by atoms with Crippen molar-refractivity contribution in [3.8, 4) is 11.5 Å². The molecule has 1 aliphatic rings. The number of aryl methyl sites for hydroxylation is 1. The quantitative estimate of drug-likeness (QED) is 0.434. The Morgan fingerprint density at radius 2 is 1.96 bits per heavy atom. The molecule has 1 aromatic rings. The summed E-state index contributed by atoms with van der Waals surface area (Å²) in [6, 6.07) is 4.06. The summed E-state index contributed by atoms with van der Waals surface area (Å²) in [5.74, 6) is 1.13. The first-order valence-corrected chi connectivity index (χ1v) is 9.94. The minimum absolute atomic E-state index is 0.124. The van der Waals surface area contributed by atoms with Gasteiger partial charge in [0.15, 0.2) is 0 Å². The zero-order chi connectivity index (χ0) is 19.5. The maximum atomic E-state index is 11.0. The Morgan fingerprint density at radius 1 is 1.27 bits per heavy atom. The van der Waals surface area contributed by atoms with E-state index >= 15 is 0 Å². The van der Waals surface area contributed by atoms with E-state index in [1.54, 1.807) is 7.11 Å². The van der Waals surface area contributed by atoms with Gasteiger partial charge in [-0.3, -0.25) is 0 Å². The zero-order valence-corrected chi connectivity index (χ0v) is 17.5. The molecule has 0 saturated heterocycles. The Balaban J connectivity index is 2.60. The van der Waals surface area contributed by atoms with Crippen molar-refractivity contribution in [2.24, 2.45) is 5.41 Å². The van der Waals surface area contributed by atoms with Crippen LogP contribution in [0.5, 0.6) is 11.5 Å².